The van der Waals surface area contributed by atoms with Crippen LogP contribution >= 0.6 is 15.9 Å². The number of methoxy groups -OCH3 is 1. The molecule has 1 aliphatic heterocycles. The number of nitro groups is 1. The molecule has 0 bridgehead atoms. The van der Waals surface area contributed by atoms with Crippen LogP contribution < -0.4 is 5.32 Å². The van der Waals surface area contributed by atoms with Crippen molar-refractivity contribution in [1.29, 1.82) is 0 Å². The number of rotatable bonds is 2. The minimum Gasteiger partial charge on any atom is -0.492 e. The molecule has 0 saturated heterocycles. The van der Waals surface area contributed by atoms with E-state index in [0.717, 1.165) is 4.48 Å². The largest absolute Gasteiger partial charge is 0.492 e. The zero-order valence-electron chi connectivity index (χ0n) is 6.28. The van der Waals surface area contributed by atoms with Crippen LogP contribution in [0, 0.1) is 10.1 Å². The van der Waals surface area contributed by atoms with E-state index in [-0.39, 0.29) is 5.76 Å². The number of halogens is 1. The van der Waals surface area contributed by atoms with Gasteiger partial charge in [-0.15, -0.1) is 0 Å². The van der Waals surface area contributed by atoms with E-state index < -0.39 is 11.1 Å². The van der Waals surface area contributed by atoms with Crippen LogP contribution in [-0.4, -0.2) is 18.2 Å². The molecule has 1 rings (SSSR count). The highest BCUT2D eigenvalue weighted by molar-refractivity contribution is 9.11. The smallest absolute Gasteiger partial charge is 0.341 e. The second-order valence-electron chi connectivity index (χ2n) is 2.13. The third-order valence-electron chi connectivity index (χ3n) is 1.38. The molecule has 0 aliphatic carbocycles. The van der Waals surface area contributed by atoms with E-state index in [4.69, 9.17) is 4.74 Å². The van der Waals surface area contributed by atoms with Crippen LogP contribution in [0.3, 0.4) is 0 Å². The molecule has 0 aromatic rings. The second kappa shape index (κ2) is 3.57. The Balaban J connectivity index is 2.84. The van der Waals surface area contributed by atoms with Crippen molar-refractivity contribution in [2.75, 3.05) is 7.11 Å². The average molecular weight is 235 g/mol. The van der Waals surface area contributed by atoms with Gasteiger partial charge in [-0.2, -0.15) is 0 Å². The fourth-order valence-electron chi connectivity index (χ4n) is 0.832. The zero-order chi connectivity index (χ0) is 9.14. The predicted molar refractivity (Wildman–Crippen MR) is 46.0 cm³/mol. The van der Waals surface area contributed by atoms with E-state index >= 15 is 0 Å². The number of allylic oxidation sites excluding steroid dienone is 2. The summed E-state index contributed by atoms with van der Waals surface area (Å²) in [5.41, 5.74) is 0. The lowest BCUT2D eigenvalue weighted by atomic mass is 10.3. The second-order valence-corrected chi connectivity index (χ2v) is 3.05. The van der Waals surface area contributed by atoms with Crippen LogP contribution in [-0.2, 0) is 4.74 Å². The summed E-state index contributed by atoms with van der Waals surface area (Å²) in [5, 5.41) is 13.0. The number of dihydropyridines is 1. The Kier molecular flexibility index (Phi) is 2.69. The number of ether oxygens (including phenoxy) is 1. The maximum atomic E-state index is 10.4. The van der Waals surface area contributed by atoms with Crippen LogP contribution in [0.5, 0.6) is 0 Å². The van der Waals surface area contributed by atoms with Gasteiger partial charge in [-0.25, -0.2) is 0 Å². The van der Waals surface area contributed by atoms with Crippen molar-refractivity contribution in [1.82, 2.24) is 5.32 Å². The van der Waals surface area contributed by atoms with Crippen molar-refractivity contribution < 1.29 is 9.66 Å². The molecule has 0 aromatic heterocycles. The molecule has 5 nitrogen and oxygen atoms in total. The first-order chi connectivity index (χ1) is 5.65. The van der Waals surface area contributed by atoms with E-state index in [1.165, 1.54) is 13.3 Å². The van der Waals surface area contributed by atoms with Gasteiger partial charge in [0.25, 0.3) is 0 Å². The van der Waals surface area contributed by atoms with Crippen LogP contribution in [0.1, 0.15) is 0 Å². The molecular weight excluding hydrogens is 228 g/mol. The van der Waals surface area contributed by atoms with Crippen LogP contribution in [0.15, 0.2) is 22.5 Å². The standard InChI is InChI=1S/C6H7BrN2O3/c1-12-5-2-4(7)3-8-6(5)9(10)11/h2-3,6,8H,1H3/t6-/m1/s1. The Bertz CT molecular complexity index is 262. The van der Waals surface area contributed by atoms with Gasteiger partial charge in [-0.3, -0.25) is 10.1 Å². The first-order valence-corrected chi connectivity index (χ1v) is 3.95. The molecule has 0 saturated carbocycles. The van der Waals surface area contributed by atoms with Gasteiger partial charge in [0.1, 0.15) is 0 Å². The van der Waals surface area contributed by atoms with Gasteiger partial charge >= 0.3 is 6.17 Å². The summed E-state index contributed by atoms with van der Waals surface area (Å²) in [6.45, 7) is 0. The van der Waals surface area contributed by atoms with Crippen molar-refractivity contribution in [3.05, 3.63) is 32.6 Å². The minimum atomic E-state index is -0.976. The molecule has 1 aliphatic rings. The topological polar surface area (TPSA) is 64.4 Å². The number of nitrogens with zero attached hydrogens (tertiary/aromatic N) is 1. The van der Waals surface area contributed by atoms with Crippen molar-refractivity contribution in [3.63, 3.8) is 0 Å². The summed E-state index contributed by atoms with van der Waals surface area (Å²) in [5.74, 6) is 0.286. The Hall–Kier alpha value is -1.04. The van der Waals surface area contributed by atoms with Gasteiger partial charge in [-0.1, -0.05) is 0 Å². The van der Waals surface area contributed by atoms with Crippen molar-refractivity contribution in [2.45, 2.75) is 6.17 Å². The Morgan fingerprint density at radius 2 is 2.50 bits per heavy atom. The zero-order valence-corrected chi connectivity index (χ0v) is 7.87. The Morgan fingerprint density at radius 1 is 1.83 bits per heavy atom. The van der Waals surface area contributed by atoms with Gasteiger partial charge in [0.05, 0.1) is 12.0 Å². The van der Waals surface area contributed by atoms with Gasteiger partial charge < -0.3 is 10.1 Å². The molecule has 0 radical (unpaired) electrons. The third-order valence-corrected chi connectivity index (χ3v) is 1.83. The molecule has 1 atom stereocenters. The van der Waals surface area contributed by atoms with E-state index in [1.54, 1.807) is 6.08 Å². The van der Waals surface area contributed by atoms with E-state index in [9.17, 15) is 10.1 Å². The number of hydrogen-bond donors (Lipinski definition) is 1. The molecule has 0 amide bonds. The SMILES string of the molecule is COC1=CC(Br)=CN[C@@H]1[N+](=O)[O-]. The highest BCUT2D eigenvalue weighted by atomic mass is 79.9. The summed E-state index contributed by atoms with van der Waals surface area (Å²) in [6.07, 6.45) is 2.09. The van der Waals surface area contributed by atoms with Crippen LogP contribution in [0.2, 0.25) is 0 Å². The molecule has 0 spiro atoms. The average Bonchev–Trinajstić information content (AvgIpc) is 2.03. The molecule has 0 fully saturated rings. The highest BCUT2D eigenvalue weighted by Gasteiger charge is 2.27. The molecule has 1 heterocycles. The highest BCUT2D eigenvalue weighted by Crippen LogP contribution is 2.17. The monoisotopic (exact) mass is 234 g/mol. The van der Waals surface area contributed by atoms with Crippen LogP contribution in [0.4, 0.5) is 0 Å². The molecular formula is C6H7BrN2O3. The molecule has 0 aromatic carbocycles. The van der Waals surface area contributed by atoms with E-state index in [2.05, 4.69) is 21.2 Å². The lowest BCUT2D eigenvalue weighted by Gasteiger charge is -2.15. The Morgan fingerprint density at radius 3 is 3.00 bits per heavy atom. The quantitative estimate of drug-likeness (QED) is 0.571. The summed E-state index contributed by atoms with van der Waals surface area (Å²) in [4.78, 5) is 9.95. The van der Waals surface area contributed by atoms with Crippen molar-refractivity contribution in [3.8, 4) is 0 Å². The lowest BCUT2D eigenvalue weighted by Crippen LogP contribution is -2.37. The summed E-state index contributed by atoms with van der Waals surface area (Å²) < 4.78 is 5.54. The molecule has 66 valence electrons. The van der Waals surface area contributed by atoms with E-state index in [0.29, 0.717) is 0 Å². The fraction of sp³-hybridized carbons (Fsp3) is 0.333. The first-order valence-electron chi connectivity index (χ1n) is 3.16. The molecule has 6 heteroatoms. The Labute approximate surface area is 77.4 Å². The summed E-state index contributed by atoms with van der Waals surface area (Å²) in [6, 6.07) is 0. The van der Waals surface area contributed by atoms with Gasteiger partial charge in [0.2, 0.25) is 0 Å². The van der Waals surface area contributed by atoms with Gasteiger partial charge in [0.15, 0.2) is 5.76 Å². The lowest BCUT2D eigenvalue weighted by molar-refractivity contribution is -0.521. The molecule has 0 unspecified atom stereocenters. The first kappa shape index (κ1) is 9.05. The van der Waals surface area contributed by atoms with Crippen molar-refractivity contribution in [2.24, 2.45) is 0 Å². The van der Waals surface area contributed by atoms with E-state index in [1.807, 2.05) is 0 Å². The van der Waals surface area contributed by atoms with Gasteiger partial charge in [0, 0.05) is 16.8 Å². The summed E-state index contributed by atoms with van der Waals surface area (Å²) >= 11 is 3.17. The van der Waals surface area contributed by atoms with Crippen molar-refractivity contribution >= 4 is 15.9 Å². The molecule has 1 N–H and O–H groups in total. The number of nitrogens with one attached hydrogen (secondary N) is 1. The molecule has 12 heavy (non-hydrogen) atoms. The normalized spacial score (nSPS) is 22.0. The number of hydrogen-bond acceptors (Lipinski definition) is 4. The van der Waals surface area contributed by atoms with Gasteiger partial charge in [-0.05, 0) is 15.9 Å². The fourth-order valence-corrected chi connectivity index (χ4v) is 1.19. The maximum Gasteiger partial charge on any atom is 0.341 e. The third kappa shape index (κ3) is 1.76. The van der Waals surface area contributed by atoms with Crippen LogP contribution in [0.25, 0.3) is 0 Å². The predicted octanol–water partition coefficient (Wildman–Crippen LogP) is 0.959. The minimum absolute atomic E-state index is 0.286. The maximum absolute atomic E-state index is 10.4. The summed E-state index contributed by atoms with van der Waals surface area (Å²) in [7, 11) is 1.40.